The number of likely N-dealkylation sites (N-methyl/N-ethyl adjacent to an activating group) is 1. The van der Waals surface area contributed by atoms with Gasteiger partial charge < -0.3 is 20.5 Å². The first-order chi connectivity index (χ1) is 17.1. The van der Waals surface area contributed by atoms with Crippen LogP contribution in [0.4, 0.5) is 10.2 Å². The van der Waals surface area contributed by atoms with Crippen LogP contribution in [0, 0.1) is 6.92 Å². The predicted octanol–water partition coefficient (Wildman–Crippen LogP) is 4.35. The number of nitrogens with zero attached hydrogens (tertiary/aromatic N) is 3. The molecule has 1 aromatic heterocycles. The fourth-order valence-corrected chi connectivity index (χ4v) is 5.00. The number of piperidine rings is 1. The molecule has 36 heavy (non-hydrogen) atoms. The minimum atomic E-state index is -0.959. The number of benzene rings is 1. The van der Waals surface area contributed by atoms with E-state index in [9.17, 15) is 5.11 Å². The molecule has 2 aromatic rings. The number of alkyl halides is 1. The minimum absolute atomic E-state index is 0.147. The van der Waals surface area contributed by atoms with Crippen molar-refractivity contribution in [1.29, 1.82) is 0 Å². The van der Waals surface area contributed by atoms with Gasteiger partial charge in [0.1, 0.15) is 30.4 Å². The van der Waals surface area contributed by atoms with Gasteiger partial charge in [-0.05, 0) is 51.4 Å². The second kappa shape index (κ2) is 11.2. The average molecular weight is 520 g/mol. The molecule has 7 nitrogen and oxygen atoms in total. The zero-order valence-electron chi connectivity index (χ0n) is 21.9. The Balaban J connectivity index is 1.63. The molecule has 0 radical (unpaired) electrons. The number of ether oxygens (including phenoxy) is 1. The molecule has 0 amide bonds. The summed E-state index contributed by atoms with van der Waals surface area (Å²) in [6.07, 6.45) is 1.52. The third-order valence-electron chi connectivity index (χ3n) is 6.88. The molecule has 1 aliphatic carbocycles. The summed E-state index contributed by atoms with van der Waals surface area (Å²) < 4.78 is 21.0. The first-order valence-electron chi connectivity index (χ1n) is 12.9. The SMILES string of the molecule is CNC[C@@H](O)COc1ccc(Cl)c(-c2nc(N[C@H]3CCN(C4CC4)C[C@H]3F)c(C)c(C(C)(C)C)n2)c1. The van der Waals surface area contributed by atoms with Gasteiger partial charge in [0, 0.05) is 42.2 Å². The summed E-state index contributed by atoms with van der Waals surface area (Å²) in [4.78, 5) is 12.0. The van der Waals surface area contributed by atoms with Gasteiger partial charge in [0.05, 0.1) is 16.8 Å². The molecular formula is C27H39ClFN5O2. The van der Waals surface area contributed by atoms with Gasteiger partial charge in [-0.3, -0.25) is 4.90 Å². The van der Waals surface area contributed by atoms with E-state index in [0.29, 0.717) is 47.1 Å². The van der Waals surface area contributed by atoms with Crippen molar-refractivity contribution in [2.75, 3.05) is 38.6 Å². The number of halogens is 2. The van der Waals surface area contributed by atoms with Crippen LogP contribution in [0.15, 0.2) is 18.2 Å². The van der Waals surface area contributed by atoms with E-state index in [2.05, 4.69) is 36.3 Å². The normalized spacial score (nSPS) is 21.9. The second-order valence-electron chi connectivity index (χ2n) is 11.1. The van der Waals surface area contributed by atoms with Crippen LogP contribution in [0.5, 0.6) is 5.75 Å². The van der Waals surface area contributed by atoms with Crippen LogP contribution >= 0.6 is 11.6 Å². The number of hydrogen-bond donors (Lipinski definition) is 3. The Labute approximate surface area is 218 Å². The van der Waals surface area contributed by atoms with Gasteiger partial charge in [-0.2, -0.15) is 0 Å². The van der Waals surface area contributed by atoms with Gasteiger partial charge in [0.25, 0.3) is 0 Å². The van der Waals surface area contributed by atoms with Crippen molar-refractivity contribution in [2.45, 2.75) is 76.7 Å². The maximum Gasteiger partial charge on any atom is 0.163 e. The van der Waals surface area contributed by atoms with E-state index in [-0.39, 0.29) is 18.1 Å². The highest BCUT2D eigenvalue weighted by Crippen LogP contribution is 2.36. The topological polar surface area (TPSA) is 82.5 Å². The first-order valence-corrected chi connectivity index (χ1v) is 13.2. The van der Waals surface area contributed by atoms with E-state index in [4.69, 9.17) is 26.3 Å². The maximum absolute atomic E-state index is 15.2. The lowest BCUT2D eigenvalue weighted by Crippen LogP contribution is -2.48. The summed E-state index contributed by atoms with van der Waals surface area (Å²) in [6, 6.07) is 5.57. The number of nitrogens with one attached hydrogen (secondary N) is 2. The lowest BCUT2D eigenvalue weighted by atomic mass is 9.88. The fourth-order valence-electron chi connectivity index (χ4n) is 4.80. The van der Waals surface area contributed by atoms with E-state index in [1.165, 1.54) is 12.8 Å². The Morgan fingerprint density at radius 3 is 2.64 bits per heavy atom. The predicted molar refractivity (Wildman–Crippen MR) is 143 cm³/mol. The van der Waals surface area contributed by atoms with E-state index in [0.717, 1.165) is 24.2 Å². The summed E-state index contributed by atoms with van der Waals surface area (Å²) in [6.45, 7) is 10.2. The van der Waals surface area contributed by atoms with Gasteiger partial charge in [-0.15, -0.1) is 0 Å². The zero-order valence-corrected chi connectivity index (χ0v) is 22.7. The first kappa shape index (κ1) is 27.0. The molecule has 0 spiro atoms. The molecule has 4 rings (SSSR count). The largest absolute Gasteiger partial charge is 0.491 e. The van der Waals surface area contributed by atoms with Crippen LogP contribution in [0.25, 0.3) is 11.4 Å². The monoisotopic (exact) mass is 519 g/mol. The summed E-state index contributed by atoms with van der Waals surface area (Å²) in [5.74, 6) is 1.67. The summed E-state index contributed by atoms with van der Waals surface area (Å²) in [7, 11) is 1.78. The van der Waals surface area contributed by atoms with E-state index in [1.807, 2.05) is 6.92 Å². The molecule has 0 unspecified atom stereocenters. The fraction of sp³-hybridized carbons (Fsp3) is 0.630. The molecule has 3 N–H and O–H groups in total. The van der Waals surface area contributed by atoms with Crippen LogP contribution in [-0.4, -0.2) is 77.6 Å². The van der Waals surface area contributed by atoms with Crippen LogP contribution in [-0.2, 0) is 5.41 Å². The van der Waals surface area contributed by atoms with Gasteiger partial charge in [0.2, 0.25) is 0 Å². The number of aromatic nitrogens is 2. The molecule has 9 heteroatoms. The molecule has 198 valence electrons. The highest BCUT2D eigenvalue weighted by molar-refractivity contribution is 6.33. The van der Waals surface area contributed by atoms with Crippen LogP contribution in [0.2, 0.25) is 5.02 Å². The maximum atomic E-state index is 15.2. The van der Waals surface area contributed by atoms with E-state index < -0.39 is 12.3 Å². The van der Waals surface area contributed by atoms with Gasteiger partial charge >= 0.3 is 0 Å². The van der Waals surface area contributed by atoms with Crippen molar-refractivity contribution in [3.8, 4) is 17.1 Å². The van der Waals surface area contributed by atoms with E-state index in [1.54, 1.807) is 25.2 Å². The standard InChI is InChI=1S/C27H39ClFN5O2/c1-16-24(27(2,3)4)32-26(20-12-19(8-9-21(20)28)36-15-18(35)13-30-5)33-25(16)31-23-10-11-34(14-22(23)29)17-6-7-17/h8-9,12,17-18,22-23,30,35H,6-7,10-11,13-15H2,1-5H3,(H,31,32,33)/t18-,22-,23+/m1/s1. The van der Waals surface area contributed by atoms with Crippen molar-refractivity contribution >= 4 is 17.4 Å². The molecule has 0 bridgehead atoms. The lowest BCUT2D eigenvalue weighted by molar-refractivity contribution is 0.108. The average Bonchev–Trinajstić information content (AvgIpc) is 3.66. The van der Waals surface area contributed by atoms with Crippen LogP contribution in [0.1, 0.15) is 51.3 Å². The molecule has 3 atom stereocenters. The molecule has 1 aliphatic heterocycles. The minimum Gasteiger partial charge on any atom is -0.491 e. The Kier molecular flexibility index (Phi) is 8.39. The highest BCUT2D eigenvalue weighted by Gasteiger charge is 2.37. The van der Waals surface area contributed by atoms with Gasteiger partial charge in [-0.1, -0.05) is 32.4 Å². The van der Waals surface area contributed by atoms with Crippen molar-refractivity contribution in [2.24, 2.45) is 0 Å². The van der Waals surface area contributed by atoms with Crippen molar-refractivity contribution in [1.82, 2.24) is 20.2 Å². The number of aliphatic hydroxyl groups is 1. The lowest BCUT2D eigenvalue weighted by Gasteiger charge is -2.36. The number of aliphatic hydroxyl groups excluding tert-OH is 1. The molecule has 1 saturated heterocycles. The Hall–Kier alpha value is -2.00. The smallest absolute Gasteiger partial charge is 0.163 e. The summed E-state index contributed by atoms with van der Waals surface area (Å²) in [5, 5.41) is 16.8. The number of rotatable bonds is 9. The highest BCUT2D eigenvalue weighted by atomic mass is 35.5. The van der Waals surface area contributed by atoms with Gasteiger partial charge in [-0.25, -0.2) is 14.4 Å². The second-order valence-corrected chi connectivity index (χ2v) is 11.5. The van der Waals surface area contributed by atoms with Crippen molar-refractivity contribution in [3.05, 3.63) is 34.5 Å². The molecule has 1 saturated carbocycles. The molecule has 2 aliphatic rings. The Morgan fingerprint density at radius 1 is 1.25 bits per heavy atom. The third-order valence-corrected chi connectivity index (χ3v) is 7.20. The van der Waals surface area contributed by atoms with Gasteiger partial charge in [0.15, 0.2) is 5.82 Å². The van der Waals surface area contributed by atoms with Crippen LogP contribution in [0.3, 0.4) is 0 Å². The number of hydrogen-bond acceptors (Lipinski definition) is 7. The number of anilines is 1. The van der Waals surface area contributed by atoms with Crippen LogP contribution < -0.4 is 15.4 Å². The summed E-state index contributed by atoms with van der Waals surface area (Å²) in [5.41, 5.74) is 2.18. The zero-order chi connectivity index (χ0) is 26.0. The Bertz CT molecular complexity index is 1060. The quantitative estimate of drug-likeness (QED) is 0.454. The molecular weight excluding hydrogens is 481 g/mol. The molecule has 2 heterocycles. The van der Waals surface area contributed by atoms with Crippen molar-refractivity contribution in [3.63, 3.8) is 0 Å². The van der Waals surface area contributed by atoms with E-state index >= 15 is 4.39 Å². The third kappa shape index (κ3) is 6.46. The Morgan fingerprint density at radius 2 is 2.00 bits per heavy atom. The molecule has 1 aromatic carbocycles. The summed E-state index contributed by atoms with van der Waals surface area (Å²) >= 11 is 6.59. The molecule has 2 fully saturated rings. The van der Waals surface area contributed by atoms with Crippen molar-refractivity contribution < 1.29 is 14.2 Å². The number of likely N-dealkylation sites (tertiary alicyclic amines) is 1.